The lowest BCUT2D eigenvalue weighted by molar-refractivity contribution is 0.189. The molecule has 0 saturated heterocycles. The van der Waals surface area contributed by atoms with Gasteiger partial charge in [0.05, 0.1) is 10.4 Å². The second-order valence-corrected chi connectivity index (χ2v) is 8.63. The number of ether oxygens (including phenoxy) is 1. The highest BCUT2D eigenvalue weighted by Crippen LogP contribution is 2.33. The van der Waals surface area contributed by atoms with Crippen molar-refractivity contribution in [3.8, 4) is 5.75 Å². The van der Waals surface area contributed by atoms with Gasteiger partial charge < -0.3 is 4.74 Å². The van der Waals surface area contributed by atoms with Crippen LogP contribution in [0.3, 0.4) is 0 Å². The Hall–Kier alpha value is -2.31. The van der Waals surface area contributed by atoms with Gasteiger partial charge in [-0.3, -0.25) is 4.90 Å². The van der Waals surface area contributed by atoms with Gasteiger partial charge in [-0.05, 0) is 44.2 Å². The van der Waals surface area contributed by atoms with Crippen molar-refractivity contribution in [2.45, 2.75) is 31.3 Å². The molecule has 0 saturated carbocycles. The molecule has 0 atom stereocenters. The predicted molar refractivity (Wildman–Crippen MR) is 102 cm³/mol. The molecule has 0 radical (unpaired) electrons. The standard InChI is InChI=1S/C20H22N2O3S/c1-15(2)21-12-13-25-20-9-8-19-17(18(20)14-21)10-11-22(19)26(23,24)16-6-4-3-5-7-16/h3-11,15H,12-14H2,1-2H3. The van der Waals surface area contributed by atoms with Crippen LogP contribution < -0.4 is 4.74 Å². The summed E-state index contributed by atoms with van der Waals surface area (Å²) >= 11 is 0. The van der Waals surface area contributed by atoms with Crippen LogP contribution in [0.5, 0.6) is 5.75 Å². The summed E-state index contributed by atoms with van der Waals surface area (Å²) in [6, 6.07) is 14.5. The number of fused-ring (bicyclic) bond motifs is 3. The van der Waals surface area contributed by atoms with Crippen LogP contribution in [-0.4, -0.2) is 36.5 Å². The number of aromatic nitrogens is 1. The van der Waals surface area contributed by atoms with Gasteiger partial charge in [-0.1, -0.05) is 18.2 Å². The van der Waals surface area contributed by atoms with Crippen molar-refractivity contribution < 1.29 is 13.2 Å². The molecule has 5 nitrogen and oxygen atoms in total. The summed E-state index contributed by atoms with van der Waals surface area (Å²) in [5, 5.41) is 0.926. The Morgan fingerprint density at radius 1 is 1.04 bits per heavy atom. The minimum Gasteiger partial charge on any atom is -0.492 e. The van der Waals surface area contributed by atoms with Gasteiger partial charge in [0.25, 0.3) is 10.0 Å². The third-order valence-electron chi connectivity index (χ3n) is 4.93. The van der Waals surface area contributed by atoms with Gasteiger partial charge in [-0.2, -0.15) is 0 Å². The number of hydrogen-bond acceptors (Lipinski definition) is 4. The van der Waals surface area contributed by atoms with Crippen LogP contribution in [0.2, 0.25) is 0 Å². The van der Waals surface area contributed by atoms with Gasteiger partial charge in [0.2, 0.25) is 0 Å². The van der Waals surface area contributed by atoms with E-state index in [1.807, 2.05) is 24.3 Å². The van der Waals surface area contributed by atoms with Crippen molar-refractivity contribution >= 4 is 20.9 Å². The topological polar surface area (TPSA) is 51.5 Å². The van der Waals surface area contributed by atoms with E-state index in [2.05, 4.69) is 18.7 Å². The van der Waals surface area contributed by atoms with Crippen molar-refractivity contribution in [3.63, 3.8) is 0 Å². The van der Waals surface area contributed by atoms with Crippen LogP contribution in [0, 0.1) is 0 Å². The minimum atomic E-state index is -3.63. The van der Waals surface area contributed by atoms with E-state index in [9.17, 15) is 8.42 Å². The summed E-state index contributed by atoms with van der Waals surface area (Å²) in [7, 11) is -3.63. The largest absolute Gasteiger partial charge is 0.492 e. The van der Waals surface area contributed by atoms with Crippen LogP contribution >= 0.6 is 0 Å². The Balaban J connectivity index is 1.86. The highest BCUT2D eigenvalue weighted by Gasteiger charge is 2.24. The fraction of sp³-hybridized carbons (Fsp3) is 0.300. The quantitative estimate of drug-likeness (QED) is 0.708. The lowest BCUT2D eigenvalue weighted by Crippen LogP contribution is -2.32. The molecular weight excluding hydrogens is 348 g/mol. The summed E-state index contributed by atoms with van der Waals surface area (Å²) in [5.74, 6) is 0.843. The molecule has 0 N–H and O–H groups in total. The second kappa shape index (κ2) is 6.45. The summed E-state index contributed by atoms with van der Waals surface area (Å²) in [5.41, 5.74) is 1.73. The molecular formula is C20H22N2O3S. The van der Waals surface area contributed by atoms with Gasteiger partial charge in [0, 0.05) is 36.3 Å². The van der Waals surface area contributed by atoms with Crippen LogP contribution in [0.15, 0.2) is 59.6 Å². The first-order valence-corrected chi connectivity index (χ1v) is 10.2. The zero-order chi connectivity index (χ0) is 18.3. The molecule has 4 rings (SSSR count). The Bertz CT molecular complexity index is 1040. The summed E-state index contributed by atoms with van der Waals surface area (Å²) in [6.07, 6.45) is 1.64. The molecule has 2 aromatic carbocycles. The highest BCUT2D eigenvalue weighted by atomic mass is 32.2. The fourth-order valence-electron chi connectivity index (χ4n) is 3.44. The van der Waals surface area contributed by atoms with Crippen molar-refractivity contribution in [2.24, 2.45) is 0 Å². The molecule has 0 fully saturated rings. The first-order valence-electron chi connectivity index (χ1n) is 8.79. The predicted octanol–water partition coefficient (Wildman–Crippen LogP) is 3.48. The molecule has 0 bridgehead atoms. The first-order chi connectivity index (χ1) is 12.5. The zero-order valence-electron chi connectivity index (χ0n) is 14.9. The maximum atomic E-state index is 13.0. The third kappa shape index (κ3) is 2.79. The van der Waals surface area contributed by atoms with Crippen molar-refractivity contribution in [1.82, 2.24) is 8.87 Å². The van der Waals surface area contributed by atoms with E-state index in [1.165, 1.54) is 3.97 Å². The molecule has 0 amide bonds. The summed E-state index contributed by atoms with van der Waals surface area (Å²) in [6.45, 7) is 6.57. The minimum absolute atomic E-state index is 0.285. The summed E-state index contributed by atoms with van der Waals surface area (Å²) in [4.78, 5) is 2.63. The third-order valence-corrected chi connectivity index (χ3v) is 6.64. The Kier molecular flexibility index (Phi) is 4.25. The monoisotopic (exact) mass is 370 g/mol. The average Bonchev–Trinajstić information content (AvgIpc) is 2.95. The van der Waals surface area contributed by atoms with Crippen molar-refractivity contribution in [3.05, 3.63) is 60.3 Å². The zero-order valence-corrected chi connectivity index (χ0v) is 15.7. The highest BCUT2D eigenvalue weighted by molar-refractivity contribution is 7.90. The number of hydrogen-bond donors (Lipinski definition) is 0. The number of rotatable bonds is 3. The lowest BCUT2D eigenvalue weighted by atomic mass is 10.1. The average molecular weight is 370 g/mol. The van der Waals surface area contributed by atoms with E-state index < -0.39 is 10.0 Å². The Morgan fingerprint density at radius 2 is 1.81 bits per heavy atom. The number of nitrogens with zero attached hydrogens (tertiary/aromatic N) is 2. The van der Waals surface area contributed by atoms with Crippen molar-refractivity contribution in [1.29, 1.82) is 0 Å². The van der Waals surface area contributed by atoms with Crippen LogP contribution in [0.1, 0.15) is 19.4 Å². The van der Waals surface area contributed by atoms with Gasteiger partial charge in [0.15, 0.2) is 0 Å². The second-order valence-electron chi connectivity index (χ2n) is 6.82. The Labute approximate surface area is 153 Å². The van der Waals surface area contributed by atoms with Gasteiger partial charge in [0.1, 0.15) is 12.4 Å². The molecule has 0 unspecified atom stereocenters. The normalized spacial score (nSPS) is 15.7. The molecule has 0 spiro atoms. The molecule has 1 aliphatic heterocycles. The van der Waals surface area contributed by atoms with Gasteiger partial charge in [-0.15, -0.1) is 0 Å². The van der Waals surface area contributed by atoms with Gasteiger partial charge in [-0.25, -0.2) is 12.4 Å². The smallest absolute Gasteiger partial charge is 0.268 e. The molecule has 3 aromatic rings. The van der Waals surface area contributed by atoms with Crippen LogP contribution in [-0.2, 0) is 16.6 Å². The van der Waals surface area contributed by atoms with Crippen LogP contribution in [0.25, 0.3) is 10.9 Å². The van der Waals surface area contributed by atoms with E-state index in [0.29, 0.717) is 18.2 Å². The summed E-state index contributed by atoms with van der Waals surface area (Å²) < 4.78 is 33.4. The lowest BCUT2D eigenvalue weighted by Gasteiger charge is -2.23. The van der Waals surface area contributed by atoms with E-state index in [0.717, 1.165) is 29.8 Å². The molecule has 136 valence electrons. The van der Waals surface area contributed by atoms with E-state index >= 15 is 0 Å². The van der Waals surface area contributed by atoms with E-state index in [-0.39, 0.29) is 4.90 Å². The SMILES string of the molecule is CC(C)N1CCOc2ccc3c(ccn3S(=O)(=O)c3ccccc3)c2C1. The molecule has 26 heavy (non-hydrogen) atoms. The number of benzene rings is 2. The fourth-order valence-corrected chi connectivity index (χ4v) is 4.81. The van der Waals surface area contributed by atoms with Crippen molar-refractivity contribution in [2.75, 3.05) is 13.2 Å². The van der Waals surface area contributed by atoms with Crippen LogP contribution in [0.4, 0.5) is 0 Å². The first kappa shape index (κ1) is 17.1. The molecule has 1 aromatic heterocycles. The molecule has 6 heteroatoms. The van der Waals surface area contributed by atoms with E-state index in [4.69, 9.17) is 4.74 Å². The van der Waals surface area contributed by atoms with Gasteiger partial charge >= 0.3 is 0 Å². The molecule has 2 heterocycles. The molecule has 1 aliphatic rings. The maximum Gasteiger partial charge on any atom is 0.268 e. The maximum absolute atomic E-state index is 13.0. The molecule has 0 aliphatic carbocycles. The Morgan fingerprint density at radius 3 is 2.54 bits per heavy atom. The van der Waals surface area contributed by atoms with E-state index in [1.54, 1.807) is 30.5 Å².